The topological polar surface area (TPSA) is 93.1 Å². The number of thioether (sulfide) groups is 1. The van der Waals surface area contributed by atoms with Crippen LogP contribution in [0.5, 0.6) is 0 Å². The quantitative estimate of drug-likeness (QED) is 0.462. The van der Waals surface area contributed by atoms with Crippen molar-refractivity contribution in [2.45, 2.75) is 49.9 Å². The zero-order valence-corrected chi connectivity index (χ0v) is 19.3. The molecule has 162 valence electrons. The number of rotatable bonds is 4. The Hall–Kier alpha value is -2.65. The van der Waals surface area contributed by atoms with E-state index in [9.17, 15) is 14.4 Å². The molecule has 0 bridgehead atoms. The molecule has 2 heterocycles. The minimum Gasteiger partial charge on any atom is -0.341 e. The van der Waals surface area contributed by atoms with E-state index >= 15 is 0 Å². The number of fused-ring (bicyclic) bond motifs is 3. The van der Waals surface area contributed by atoms with E-state index in [4.69, 9.17) is 4.98 Å². The Morgan fingerprint density at radius 2 is 2.03 bits per heavy atom. The lowest BCUT2D eigenvalue weighted by atomic mass is 9.97. The van der Waals surface area contributed by atoms with Crippen LogP contribution in [0, 0.1) is 6.92 Å². The Kier molecular flexibility index (Phi) is 6.15. The van der Waals surface area contributed by atoms with Crippen molar-refractivity contribution in [2.75, 3.05) is 7.05 Å². The van der Waals surface area contributed by atoms with E-state index in [-0.39, 0.29) is 5.56 Å². The second-order valence-electron chi connectivity index (χ2n) is 7.59. The number of aromatic nitrogens is 2. The minimum atomic E-state index is -0.618. The molecule has 0 fully saturated rings. The van der Waals surface area contributed by atoms with Gasteiger partial charge in [-0.05, 0) is 62.8 Å². The van der Waals surface area contributed by atoms with Crippen LogP contribution in [0.25, 0.3) is 15.9 Å². The number of carbonyl (C=O) groups excluding carboxylic acids is 2. The SMILES string of the molecule is CNC(=O)NC(=O)C(C)Sc1nc2sc3c(c2c(=O)n1-c1cccc(C)c1)CCCC3. The summed E-state index contributed by atoms with van der Waals surface area (Å²) in [6.07, 6.45) is 4.09. The molecule has 1 aliphatic rings. The molecule has 1 aromatic carbocycles. The summed E-state index contributed by atoms with van der Waals surface area (Å²) >= 11 is 2.76. The van der Waals surface area contributed by atoms with Crippen LogP contribution in [0.2, 0.25) is 0 Å². The molecule has 3 aromatic rings. The molecule has 2 aromatic heterocycles. The summed E-state index contributed by atoms with van der Waals surface area (Å²) in [5, 5.41) is 5.19. The van der Waals surface area contributed by atoms with Crippen molar-refractivity contribution in [2.24, 2.45) is 0 Å². The number of hydrogen-bond acceptors (Lipinski definition) is 6. The number of hydrogen-bond donors (Lipinski definition) is 2. The molecular formula is C22H24N4O3S2. The molecule has 0 saturated carbocycles. The maximum absolute atomic E-state index is 13.7. The summed E-state index contributed by atoms with van der Waals surface area (Å²) in [5.41, 5.74) is 2.78. The Bertz CT molecular complexity index is 1230. The molecular weight excluding hydrogens is 432 g/mol. The molecule has 3 amide bonds. The van der Waals surface area contributed by atoms with Crippen molar-refractivity contribution < 1.29 is 9.59 Å². The van der Waals surface area contributed by atoms with Crippen LogP contribution in [0.15, 0.2) is 34.2 Å². The fraction of sp³-hybridized carbons (Fsp3) is 0.364. The highest BCUT2D eigenvalue weighted by atomic mass is 32.2. The Labute approximate surface area is 188 Å². The molecule has 0 saturated heterocycles. The van der Waals surface area contributed by atoms with Crippen LogP contribution in [-0.2, 0) is 17.6 Å². The lowest BCUT2D eigenvalue weighted by molar-refractivity contribution is -0.119. The maximum atomic E-state index is 13.7. The molecule has 9 heteroatoms. The third-order valence-electron chi connectivity index (χ3n) is 5.33. The summed E-state index contributed by atoms with van der Waals surface area (Å²) in [4.78, 5) is 44.5. The second kappa shape index (κ2) is 8.84. The third kappa shape index (κ3) is 4.24. The van der Waals surface area contributed by atoms with Gasteiger partial charge < -0.3 is 5.32 Å². The normalized spacial score (nSPS) is 14.2. The van der Waals surface area contributed by atoms with Crippen molar-refractivity contribution >= 4 is 45.3 Å². The molecule has 0 radical (unpaired) electrons. The molecule has 0 aliphatic heterocycles. The van der Waals surface area contributed by atoms with E-state index in [2.05, 4.69) is 10.6 Å². The van der Waals surface area contributed by atoms with Crippen molar-refractivity contribution in [3.05, 3.63) is 50.6 Å². The molecule has 7 nitrogen and oxygen atoms in total. The van der Waals surface area contributed by atoms with Crippen molar-refractivity contribution in [1.82, 2.24) is 20.2 Å². The van der Waals surface area contributed by atoms with Gasteiger partial charge in [-0.1, -0.05) is 23.9 Å². The van der Waals surface area contributed by atoms with Crippen LogP contribution >= 0.6 is 23.1 Å². The Morgan fingerprint density at radius 1 is 1.26 bits per heavy atom. The van der Waals surface area contributed by atoms with Gasteiger partial charge in [-0.25, -0.2) is 9.78 Å². The molecule has 1 aliphatic carbocycles. The summed E-state index contributed by atoms with van der Waals surface area (Å²) in [6.45, 7) is 3.67. The van der Waals surface area contributed by atoms with Gasteiger partial charge in [0.2, 0.25) is 5.91 Å². The highest BCUT2D eigenvalue weighted by Crippen LogP contribution is 2.35. The van der Waals surface area contributed by atoms with Crippen LogP contribution < -0.4 is 16.2 Å². The number of carbonyl (C=O) groups is 2. The lowest BCUT2D eigenvalue weighted by Crippen LogP contribution is -2.41. The molecule has 0 spiro atoms. The number of urea groups is 1. The average molecular weight is 457 g/mol. The first kappa shape index (κ1) is 21.6. The number of nitrogens with zero attached hydrogens (tertiary/aromatic N) is 2. The van der Waals surface area contributed by atoms with Gasteiger partial charge in [-0.2, -0.15) is 0 Å². The molecule has 1 unspecified atom stereocenters. The first-order valence-corrected chi connectivity index (χ1v) is 11.9. The highest BCUT2D eigenvalue weighted by molar-refractivity contribution is 8.00. The predicted octanol–water partition coefficient (Wildman–Crippen LogP) is 3.57. The molecule has 31 heavy (non-hydrogen) atoms. The lowest BCUT2D eigenvalue weighted by Gasteiger charge is -2.16. The van der Waals surface area contributed by atoms with Crippen molar-refractivity contribution in [3.8, 4) is 5.69 Å². The van der Waals surface area contributed by atoms with Gasteiger partial charge in [0.25, 0.3) is 5.56 Å². The van der Waals surface area contributed by atoms with Gasteiger partial charge >= 0.3 is 6.03 Å². The van der Waals surface area contributed by atoms with Crippen LogP contribution in [0.3, 0.4) is 0 Å². The Balaban J connectivity index is 1.85. The van der Waals surface area contributed by atoms with Gasteiger partial charge in [-0.3, -0.25) is 19.5 Å². The fourth-order valence-corrected chi connectivity index (χ4v) is 5.98. The molecule has 1 atom stereocenters. The van der Waals surface area contributed by atoms with Gasteiger partial charge in [0, 0.05) is 11.9 Å². The molecule has 4 rings (SSSR count). The number of thiophene rings is 1. The van der Waals surface area contributed by atoms with E-state index in [1.54, 1.807) is 22.8 Å². The maximum Gasteiger partial charge on any atom is 0.321 e. The van der Waals surface area contributed by atoms with E-state index in [1.165, 1.54) is 23.7 Å². The smallest absolute Gasteiger partial charge is 0.321 e. The first-order chi connectivity index (χ1) is 14.9. The summed E-state index contributed by atoms with van der Waals surface area (Å²) < 4.78 is 1.60. The summed E-state index contributed by atoms with van der Waals surface area (Å²) in [5.74, 6) is -0.444. The van der Waals surface area contributed by atoms with Gasteiger partial charge in [0.05, 0.1) is 16.3 Å². The van der Waals surface area contributed by atoms with Crippen molar-refractivity contribution in [3.63, 3.8) is 0 Å². The van der Waals surface area contributed by atoms with E-state index in [1.807, 2.05) is 31.2 Å². The number of benzene rings is 1. The number of amides is 3. The van der Waals surface area contributed by atoms with Crippen LogP contribution in [-0.4, -0.2) is 33.8 Å². The first-order valence-electron chi connectivity index (χ1n) is 10.2. The largest absolute Gasteiger partial charge is 0.341 e. The van der Waals surface area contributed by atoms with Crippen LogP contribution in [0.4, 0.5) is 4.79 Å². The van der Waals surface area contributed by atoms with Crippen LogP contribution in [0.1, 0.15) is 35.8 Å². The second-order valence-corrected chi connectivity index (χ2v) is 9.99. The van der Waals surface area contributed by atoms with E-state index in [0.29, 0.717) is 10.5 Å². The predicted molar refractivity (Wildman–Crippen MR) is 125 cm³/mol. The van der Waals surface area contributed by atoms with Crippen molar-refractivity contribution in [1.29, 1.82) is 0 Å². The summed E-state index contributed by atoms with van der Waals surface area (Å²) in [6, 6.07) is 7.12. The van der Waals surface area contributed by atoms with E-state index < -0.39 is 17.2 Å². The Morgan fingerprint density at radius 3 is 2.77 bits per heavy atom. The monoisotopic (exact) mass is 456 g/mol. The fourth-order valence-electron chi connectivity index (χ4n) is 3.75. The molecule has 2 N–H and O–H groups in total. The van der Waals surface area contributed by atoms with E-state index in [0.717, 1.165) is 47.3 Å². The van der Waals surface area contributed by atoms with Gasteiger partial charge in [-0.15, -0.1) is 11.3 Å². The standard InChI is InChI=1S/C22H24N4O3S2/c1-12-7-6-8-14(11-12)26-20(28)17-15-9-4-5-10-16(15)31-19(17)25-22(26)30-13(2)18(27)24-21(29)23-3/h6-8,11,13H,4-5,9-10H2,1-3H3,(H2,23,24,27,29). The summed E-state index contributed by atoms with van der Waals surface area (Å²) in [7, 11) is 1.45. The number of aryl methyl sites for hydroxylation is 3. The zero-order valence-electron chi connectivity index (χ0n) is 17.7. The third-order valence-corrected chi connectivity index (χ3v) is 7.57. The number of imide groups is 1. The highest BCUT2D eigenvalue weighted by Gasteiger charge is 2.25. The van der Waals surface area contributed by atoms with Gasteiger partial charge in [0.1, 0.15) is 4.83 Å². The minimum absolute atomic E-state index is 0.101. The number of nitrogens with one attached hydrogen (secondary N) is 2. The average Bonchev–Trinajstić information content (AvgIpc) is 3.12. The van der Waals surface area contributed by atoms with Gasteiger partial charge in [0.15, 0.2) is 5.16 Å². The zero-order chi connectivity index (χ0) is 22.1.